The quantitative estimate of drug-likeness (QED) is 0.335. The molecule has 0 aliphatic heterocycles. The first-order chi connectivity index (χ1) is 15.3. The number of carbonyl (C=O) groups is 2. The normalized spacial score (nSPS) is 11.3. The highest BCUT2D eigenvalue weighted by Crippen LogP contribution is 2.30. The number of amides is 1. The van der Waals surface area contributed by atoms with Crippen LogP contribution in [0.3, 0.4) is 0 Å². The number of furan rings is 1. The van der Waals surface area contributed by atoms with Crippen LogP contribution < -0.4 is 10.1 Å². The number of anilines is 1. The molecule has 11 nitrogen and oxygen atoms in total. The summed E-state index contributed by atoms with van der Waals surface area (Å²) >= 11 is 0. The Hall–Kier alpha value is -4.59. The van der Waals surface area contributed by atoms with E-state index < -0.39 is 22.9 Å². The van der Waals surface area contributed by atoms with Crippen molar-refractivity contribution < 1.29 is 28.4 Å². The first kappa shape index (κ1) is 22.1. The average molecular weight is 438 g/mol. The minimum absolute atomic E-state index is 0.0309. The Morgan fingerprint density at radius 3 is 2.59 bits per heavy atom. The molecule has 0 saturated carbocycles. The van der Waals surface area contributed by atoms with Crippen molar-refractivity contribution in [3.05, 3.63) is 69.7 Å². The van der Waals surface area contributed by atoms with Gasteiger partial charge >= 0.3 is 5.97 Å². The Morgan fingerprint density at radius 1 is 1.31 bits per heavy atom. The van der Waals surface area contributed by atoms with Gasteiger partial charge in [-0.25, -0.2) is 4.79 Å². The predicted octanol–water partition coefficient (Wildman–Crippen LogP) is 3.35. The Kier molecular flexibility index (Phi) is 6.25. The van der Waals surface area contributed by atoms with Crippen LogP contribution in [0, 0.1) is 28.4 Å². The van der Waals surface area contributed by atoms with Crippen LogP contribution in [0.15, 0.2) is 47.1 Å². The Labute approximate surface area is 181 Å². The molecule has 1 N–H and O–H groups in total. The number of nitriles is 1. The van der Waals surface area contributed by atoms with Gasteiger partial charge in [0.1, 0.15) is 28.7 Å². The van der Waals surface area contributed by atoms with Crippen LogP contribution in [-0.4, -0.2) is 34.6 Å². The van der Waals surface area contributed by atoms with Crippen LogP contribution in [0.4, 0.5) is 11.4 Å². The van der Waals surface area contributed by atoms with Gasteiger partial charge in [-0.15, -0.1) is 0 Å². The van der Waals surface area contributed by atoms with Gasteiger partial charge in [-0.05, 0) is 32.0 Å². The number of aromatic nitrogens is 1. The number of hydrogen-bond acceptors (Lipinski definition) is 8. The summed E-state index contributed by atoms with van der Waals surface area (Å²) in [5.74, 6) is -1.17. The number of nitrogens with zero attached hydrogens (tertiary/aromatic N) is 3. The molecule has 0 bridgehead atoms. The molecule has 2 heterocycles. The molecule has 0 saturated heterocycles. The third-order valence-corrected chi connectivity index (χ3v) is 4.53. The summed E-state index contributed by atoms with van der Waals surface area (Å²) < 4.78 is 17.4. The predicted molar refractivity (Wildman–Crippen MR) is 111 cm³/mol. The molecule has 164 valence electrons. The molecule has 3 rings (SSSR count). The fourth-order valence-corrected chi connectivity index (χ4v) is 2.95. The lowest BCUT2D eigenvalue weighted by Gasteiger charge is -2.15. The van der Waals surface area contributed by atoms with Crippen LogP contribution in [0.5, 0.6) is 5.75 Å². The fraction of sp³-hybridized carbons (Fsp3) is 0.190. The number of rotatable bonds is 7. The monoisotopic (exact) mass is 438 g/mol. The molecule has 1 unspecified atom stereocenters. The average Bonchev–Trinajstić information content (AvgIpc) is 3.40. The molecule has 0 fully saturated rings. The van der Waals surface area contributed by atoms with Crippen LogP contribution >= 0.6 is 0 Å². The van der Waals surface area contributed by atoms with Gasteiger partial charge in [0.25, 0.3) is 11.6 Å². The highest BCUT2D eigenvalue weighted by atomic mass is 16.6. The highest BCUT2D eigenvalue weighted by Gasteiger charge is 2.29. The summed E-state index contributed by atoms with van der Waals surface area (Å²) in [4.78, 5) is 35.7. The minimum atomic E-state index is -1.29. The fourth-order valence-electron chi connectivity index (χ4n) is 2.95. The molecule has 11 heteroatoms. The van der Waals surface area contributed by atoms with Gasteiger partial charge in [-0.1, -0.05) is 0 Å². The molecule has 0 aliphatic rings. The van der Waals surface area contributed by atoms with E-state index >= 15 is 0 Å². The summed E-state index contributed by atoms with van der Waals surface area (Å²) in [6.07, 6.45) is 2.01. The van der Waals surface area contributed by atoms with Gasteiger partial charge in [0.15, 0.2) is 6.10 Å². The third-order valence-electron chi connectivity index (χ3n) is 4.53. The van der Waals surface area contributed by atoms with E-state index in [-0.39, 0.29) is 39.9 Å². The number of hydrogen-bond donors (Lipinski definition) is 1. The zero-order chi connectivity index (χ0) is 23.4. The van der Waals surface area contributed by atoms with Gasteiger partial charge < -0.3 is 19.2 Å². The summed E-state index contributed by atoms with van der Waals surface area (Å²) in [7, 11) is 1.34. The van der Waals surface area contributed by atoms with Crippen LogP contribution in [-0.2, 0) is 9.53 Å². The Balaban J connectivity index is 1.80. The number of nitro groups is 1. The Morgan fingerprint density at radius 2 is 2.00 bits per heavy atom. The summed E-state index contributed by atoms with van der Waals surface area (Å²) in [5, 5.41) is 23.0. The minimum Gasteiger partial charge on any atom is -0.495 e. The zero-order valence-corrected chi connectivity index (χ0v) is 17.3. The second kappa shape index (κ2) is 9.05. The van der Waals surface area contributed by atoms with Crippen molar-refractivity contribution in [3.8, 4) is 17.7 Å². The van der Waals surface area contributed by atoms with E-state index in [0.29, 0.717) is 0 Å². The van der Waals surface area contributed by atoms with Crippen molar-refractivity contribution >= 4 is 23.3 Å². The number of non-ortho nitro benzene ring substituents is 1. The second-order valence-corrected chi connectivity index (χ2v) is 6.59. The van der Waals surface area contributed by atoms with Crippen LogP contribution in [0.1, 0.15) is 28.6 Å². The molecule has 3 aromatic rings. The number of carbonyl (C=O) groups excluding carboxylic acids is 2. The molecule has 1 aromatic carbocycles. The number of ether oxygens (including phenoxy) is 2. The number of esters is 1. The number of aryl methyl sites for hydroxylation is 1. The van der Waals surface area contributed by atoms with E-state index in [2.05, 4.69) is 5.32 Å². The SMILES string of the molecule is COc1ccc([N+](=O)[O-])cc1NC(=O)C(C)OC(=O)c1c(C)oc(-n2cccc2)c1C#N. The largest absolute Gasteiger partial charge is 0.495 e. The van der Waals surface area contributed by atoms with Crippen molar-refractivity contribution in [3.63, 3.8) is 0 Å². The maximum atomic E-state index is 12.7. The molecular formula is C21H18N4O7. The number of benzene rings is 1. The summed E-state index contributed by atoms with van der Waals surface area (Å²) in [6.45, 7) is 2.83. The molecule has 2 aromatic heterocycles. The molecule has 0 spiro atoms. The molecule has 0 aliphatic carbocycles. The zero-order valence-electron chi connectivity index (χ0n) is 17.3. The van der Waals surface area contributed by atoms with Crippen molar-refractivity contribution in [2.45, 2.75) is 20.0 Å². The van der Waals surface area contributed by atoms with Crippen molar-refractivity contribution in [2.24, 2.45) is 0 Å². The second-order valence-electron chi connectivity index (χ2n) is 6.59. The number of nitro benzene ring substituents is 1. The highest BCUT2D eigenvalue weighted by molar-refractivity contribution is 5.99. The third kappa shape index (κ3) is 4.29. The lowest BCUT2D eigenvalue weighted by atomic mass is 10.1. The van der Waals surface area contributed by atoms with E-state index in [4.69, 9.17) is 13.9 Å². The van der Waals surface area contributed by atoms with Crippen molar-refractivity contribution in [1.29, 1.82) is 5.26 Å². The van der Waals surface area contributed by atoms with Gasteiger partial charge in [-0.3, -0.25) is 19.5 Å². The van der Waals surface area contributed by atoms with Crippen LogP contribution in [0.2, 0.25) is 0 Å². The van der Waals surface area contributed by atoms with E-state index in [0.717, 1.165) is 6.07 Å². The van der Waals surface area contributed by atoms with E-state index in [1.54, 1.807) is 24.5 Å². The lowest BCUT2D eigenvalue weighted by molar-refractivity contribution is -0.384. The number of methoxy groups -OCH3 is 1. The van der Waals surface area contributed by atoms with E-state index in [9.17, 15) is 25.0 Å². The topological polar surface area (TPSA) is 150 Å². The molecular weight excluding hydrogens is 420 g/mol. The molecule has 1 atom stereocenters. The van der Waals surface area contributed by atoms with E-state index in [1.165, 1.54) is 37.7 Å². The maximum Gasteiger partial charge on any atom is 0.343 e. The molecule has 1 amide bonds. The first-order valence-electron chi connectivity index (χ1n) is 9.28. The van der Waals surface area contributed by atoms with Gasteiger partial charge in [0, 0.05) is 24.5 Å². The maximum absolute atomic E-state index is 12.7. The summed E-state index contributed by atoms with van der Waals surface area (Å²) in [6, 6.07) is 9.08. The summed E-state index contributed by atoms with van der Waals surface area (Å²) in [5.41, 5.74) is -0.335. The van der Waals surface area contributed by atoms with Crippen molar-refractivity contribution in [2.75, 3.05) is 12.4 Å². The lowest BCUT2D eigenvalue weighted by Crippen LogP contribution is -2.30. The smallest absolute Gasteiger partial charge is 0.343 e. The Bertz CT molecular complexity index is 1220. The standard InChI is InChI=1S/C21H18N4O7/c1-12-18(15(11-22)20(31-12)24-8-4-5-9-24)21(27)32-13(2)19(26)23-16-10-14(25(28)29)6-7-17(16)30-3/h4-10,13H,1-3H3,(H,23,26). The van der Waals surface area contributed by atoms with Crippen molar-refractivity contribution in [1.82, 2.24) is 4.57 Å². The molecule has 32 heavy (non-hydrogen) atoms. The van der Waals surface area contributed by atoms with E-state index in [1.807, 2.05) is 6.07 Å². The first-order valence-corrected chi connectivity index (χ1v) is 9.28. The van der Waals surface area contributed by atoms with Crippen LogP contribution in [0.25, 0.3) is 5.88 Å². The molecule has 0 radical (unpaired) electrons. The van der Waals surface area contributed by atoms with Gasteiger partial charge in [-0.2, -0.15) is 5.26 Å². The van der Waals surface area contributed by atoms with Gasteiger partial charge in [0.2, 0.25) is 5.88 Å². The number of nitrogens with one attached hydrogen (secondary N) is 1. The van der Waals surface area contributed by atoms with Gasteiger partial charge in [0.05, 0.1) is 17.7 Å².